The monoisotopic (exact) mass is 348 g/mol. The van der Waals surface area contributed by atoms with E-state index < -0.39 is 0 Å². The quantitative estimate of drug-likeness (QED) is 0.679. The molecule has 18 heavy (non-hydrogen) atoms. The maximum atomic E-state index is 13.9. The number of hydrogen-bond acceptors (Lipinski definition) is 2. The molecule has 2 rings (SSSR count). The normalized spacial score (nSPS) is 12.5. The molecule has 0 aliphatic carbocycles. The Morgan fingerprint density at radius 1 is 1.39 bits per heavy atom. The highest BCUT2D eigenvalue weighted by molar-refractivity contribution is 9.09. The van der Waals surface area contributed by atoms with Gasteiger partial charge in [-0.05, 0) is 24.6 Å². The van der Waals surface area contributed by atoms with Gasteiger partial charge >= 0.3 is 0 Å². The van der Waals surface area contributed by atoms with Crippen molar-refractivity contribution in [2.24, 2.45) is 0 Å². The molecule has 0 bridgehead atoms. The molecule has 1 heterocycles. The Bertz CT molecular complexity index is 551. The van der Waals surface area contributed by atoms with Crippen LogP contribution in [0.5, 0.6) is 5.75 Å². The minimum absolute atomic E-state index is 0.195. The molecule has 2 aromatic rings. The average molecular weight is 350 g/mol. The number of aryl methyl sites for hydroxylation is 1. The van der Waals surface area contributed by atoms with Crippen molar-refractivity contribution < 1.29 is 9.13 Å². The maximum absolute atomic E-state index is 13.9. The number of thiophene rings is 1. The maximum Gasteiger partial charge on any atom is 0.131 e. The summed E-state index contributed by atoms with van der Waals surface area (Å²) >= 11 is 11.0. The van der Waals surface area contributed by atoms with Gasteiger partial charge in [-0.15, -0.1) is 11.3 Å². The Hall–Kier alpha value is -0.580. The van der Waals surface area contributed by atoms with E-state index in [4.69, 9.17) is 16.3 Å². The number of halogens is 3. The lowest BCUT2D eigenvalue weighted by Gasteiger charge is -2.10. The van der Waals surface area contributed by atoms with Crippen molar-refractivity contribution in [3.05, 3.63) is 50.4 Å². The fraction of sp³-hybridized carbons (Fsp3) is 0.231. The first kappa shape index (κ1) is 13.8. The summed E-state index contributed by atoms with van der Waals surface area (Å²) in [5.74, 6) is 0.217. The highest BCUT2D eigenvalue weighted by Gasteiger charge is 2.18. The Morgan fingerprint density at radius 3 is 2.61 bits per heavy atom. The Morgan fingerprint density at radius 2 is 2.11 bits per heavy atom. The standard InChI is InChI=1S/C13H11BrClFOS/c1-7-5-11(18-13(7)15)12(14)9-4-3-8(17-2)6-10(9)16/h3-6,12H,1-2H3. The van der Waals surface area contributed by atoms with Crippen LogP contribution in [-0.2, 0) is 0 Å². The van der Waals surface area contributed by atoms with E-state index in [1.807, 2.05) is 13.0 Å². The lowest BCUT2D eigenvalue weighted by Crippen LogP contribution is -1.95. The molecule has 0 spiro atoms. The molecule has 5 heteroatoms. The summed E-state index contributed by atoms with van der Waals surface area (Å²) in [5, 5.41) is 0. The van der Waals surface area contributed by atoms with Crippen LogP contribution in [0.25, 0.3) is 0 Å². The van der Waals surface area contributed by atoms with Crippen LogP contribution < -0.4 is 4.74 Å². The summed E-state index contributed by atoms with van der Waals surface area (Å²) in [6, 6.07) is 6.81. The van der Waals surface area contributed by atoms with Crippen molar-refractivity contribution in [1.29, 1.82) is 0 Å². The molecule has 0 amide bonds. The second kappa shape index (κ2) is 5.59. The zero-order valence-electron chi connectivity index (χ0n) is 9.84. The SMILES string of the molecule is COc1ccc(C(Br)c2cc(C)c(Cl)s2)c(F)c1. The van der Waals surface area contributed by atoms with Crippen molar-refractivity contribution in [2.75, 3.05) is 7.11 Å². The molecular weight excluding hydrogens is 339 g/mol. The second-order valence-corrected chi connectivity index (χ2v) is 6.46. The zero-order chi connectivity index (χ0) is 13.3. The van der Waals surface area contributed by atoms with E-state index in [0.717, 1.165) is 14.8 Å². The fourth-order valence-electron chi connectivity index (χ4n) is 1.60. The largest absolute Gasteiger partial charge is 0.497 e. The van der Waals surface area contributed by atoms with Gasteiger partial charge in [0.05, 0.1) is 16.3 Å². The topological polar surface area (TPSA) is 9.23 Å². The molecule has 1 unspecified atom stereocenters. The van der Waals surface area contributed by atoms with Gasteiger partial charge < -0.3 is 4.74 Å². The third-order valence-corrected chi connectivity index (χ3v) is 5.52. The van der Waals surface area contributed by atoms with Crippen LogP contribution in [0.1, 0.15) is 20.8 Å². The summed E-state index contributed by atoms with van der Waals surface area (Å²) in [5.41, 5.74) is 1.59. The van der Waals surface area contributed by atoms with Gasteiger partial charge in [-0.2, -0.15) is 0 Å². The van der Waals surface area contributed by atoms with E-state index >= 15 is 0 Å². The summed E-state index contributed by atoms with van der Waals surface area (Å²) in [6.45, 7) is 1.94. The Kier molecular flexibility index (Phi) is 4.30. The summed E-state index contributed by atoms with van der Waals surface area (Å²) < 4.78 is 19.7. The summed E-state index contributed by atoms with van der Waals surface area (Å²) in [7, 11) is 1.52. The van der Waals surface area contributed by atoms with E-state index in [1.165, 1.54) is 24.5 Å². The average Bonchev–Trinajstić information content (AvgIpc) is 2.68. The van der Waals surface area contributed by atoms with Crippen LogP contribution in [0, 0.1) is 12.7 Å². The molecule has 0 fully saturated rings. The number of methoxy groups -OCH3 is 1. The summed E-state index contributed by atoms with van der Waals surface area (Å²) in [6.07, 6.45) is 0. The van der Waals surface area contributed by atoms with Crippen LogP contribution in [0.4, 0.5) is 4.39 Å². The first-order chi connectivity index (χ1) is 8.52. The first-order valence-electron chi connectivity index (χ1n) is 5.26. The number of rotatable bonds is 3. The first-order valence-corrected chi connectivity index (χ1v) is 7.37. The van der Waals surface area contributed by atoms with Gasteiger partial charge in [-0.3, -0.25) is 0 Å². The Labute approximate surface area is 123 Å². The molecule has 1 aromatic carbocycles. The molecule has 1 aromatic heterocycles. The molecular formula is C13H11BrClFOS. The van der Waals surface area contributed by atoms with Gasteiger partial charge in [0.15, 0.2) is 0 Å². The number of benzene rings is 1. The van der Waals surface area contributed by atoms with E-state index in [0.29, 0.717) is 11.3 Å². The minimum Gasteiger partial charge on any atom is -0.497 e. The van der Waals surface area contributed by atoms with Gasteiger partial charge in [-0.1, -0.05) is 33.6 Å². The molecule has 0 aliphatic rings. The molecule has 0 radical (unpaired) electrons. The predicted octanol–water partition coefficient (Wildman–Crippen LogP) is 5.34. The van der Waals surface area contributed by atoms with Gasteiger partial charge in [0.2, 0.25) is 0 Å². The lowest BCUT2D eigenvalue weighted by atomic mass is 10.1. The molecule has 96 valence electrons. The summed E-state index contributed by atoms with van der Waals surface area (Å²) in [4.78, 5) is 0.793. The van der Waals surface area contributed by atoms with E-state index in [-0.39, 0.29) is 10.6 Å². The van der Waals surface area contributed by atoms with Gasteiger partial charge in [0, 0.05) is 16.5 Å². The highest BCUT2D eigenvalue weighted by Crippen LogP contribution is 2.40. The van der Waals surface area contributed by atoms with E-state index in [9.17, 15) is 4.39 Å². The zero-order valence-corrected chi connectivity index (χ0v) is 13.0. The van der Waals surface area contributed by atoms with E-state index in [1.54, 1.807) is 12.1 Å². The molecule has 1 atom stereocenters. The van der Waals surface area contributed by atoms with Crippen molar-refractivity contribution in [1.82, 2.24) is 0 Å². The Balaban J connectivity index is 2.36. The van der Waals surface area contributed by atoms with Crippen LogP contribution >= 0.6 is 38.9 Å². The molecule has 0 saturated heterocycles. The minimum atomic E-state index is -0.293. The number of alkyl halides is 1. The highest BCUT2D eigenvalue weighted by atomic mass is 79.9. The molecule has 1 nitrogen and oxygen atoms in total. The fourth-order valence-corrected chi connectivity index (χ4v) is 3.60. The van der Waals surface area contributed by atoms with Crippen molar-refractivity contribution in [3.8, 4) is 5.75 Å². The number of ether oxygens (including phenoxy) is 1. The predicted molar refractivity (Wildman–Crippen MR) is 77.8 cm³/mol. The van der Waals surface area contributed by atoms with Crippen LogP contribution in [-0.4, -0.2) is 7.11 Å². The van der Waals surface area contributed by atoms with Crippen molar-refractivity contribution in [2.45, 2.75) is 11.8 Å². The molecule has 0 saturated carbocycles. The third kappa shape index (κ3) is 2.71. The third-order valence-electron chi connectivity index (χ3n) is 2.61. The molecule has 0 N–H and O–H groups in total. The number of hydrogen-bond donors (Lipinski definition) is 0. The van der Waals surface area contributed by atoms with Crippen molar-refractivity contribution in [3.63, 3.8) is 0 Å². The van der Waals surface area contributed by atoms with E-state index in [2.05, 4.69) is 15.9 Å². The smallest absolute Gasteiger partial charge is 0.131 e. The van der Waals surface area contributed by atoms with Gasteiger partial charge in [-0.25, -0.2) is 4.39 Å². The van der Waals surface area contributed by atoms with Crippen LogP contribution in [0.2, 0.25) is 4.34 Å². The van der Waals surface area contributed by atoms with Gasteiger partial charge in [0.25, 0.3) is 0 Å². The lowest BCUT2D eigenvalue weighted by molar-refractivity contribution is 0.411. The van der Waals surface area contributed by atoms with Crippen molar-refractivity contribution >= 4 is 38.9 Å². The van der Waals surface area contributed by atoms with Crippen LogP contribution in [0.3, 0.4) is 0 Å². The van der Waals surface area contributed by atoms with Crippen LogP contribution in [0.15, 0.2) is 24.3 Å². The second-order valence-electron chi connectivity index (χ2n) is 3.86. The van der Waals surface area contributed by atoms with Gasteiger partial charge in [0.1, 0.15) is 11.6 Å². The molecule has 0 aliphatic heterocycles.